The maximum absolute atomic E-state index is 13.2. The molecular formula is C24H23ClO9. The van der Waals surface area contributed by atoms with Crippen molar-refractivity contribution < 1.29 is 43.3 Å². The second-order valence-corrected chi connectivity index (χ2v) is 7.78. The number of Topliss-reactive ketones (excluding diaryl/α,β-unsaturated/α-hetero) is 1. The first-order chi connectivity index (χ1) is 16.1. The number of carbonyl (C=O) groups is 5. The summed E-state index contributed by atoms with van der Waals surface area (Å²) in [6.45, 7) is 0.363. The molecule has 2 unspecified atom stereocenters. The number of hydrogen-bond acceptors (Lipinski definition) is 8. The van der Waals surface area contributed by atoms with E-state index >= 15 is 0 Å². The molecule has 0 aliphatic rings. The Balaban J connectivity index is 2.58. The molecule has 9 nitrogen and oxygen atoms in total. The predicted octanol–water partition coefficient (Wildman–Crippen LogP) is 3.39. The topological polar surface area (TPSA) is 133 Å². The Morgan fingerprint density at radius 2 is 1.47 bits per heavy atom. The van der Waals surface area contributed by atoms with Crippen molar-refractivity contribution in [1.82, 2.24) is 0 Å². The molecule has 0 aromatic heterocycles. The van der Waals surface area contributed by atoms with E-state index in [4.69, 9.17) is 21.1 Å². The minimum absolute atomic E-state index is 0.241. The molecular weight excluding hydrogens is 468 g/mol. The zero-order chi connectivity index (χ0) is 25.3. The number of esters is 3. The third kappa shape index (κ3) is 6.64. The average molecular weight is 491 g/mol. The van der Waals surface area contributed by atoms with Gasteiger partial charge in [-0.2, -0.15) is 0 Å². The lowest BCUT2D eigenvalue weighted by Gasteiger charge is -2.34. The molecule has 0 aliphatic carbocycles. The van der Waals surface area contributed by atoms with Crippen molar-refractivity contribution in [3.8, 4) is 0 Å². The number of benzene rings is 2. The summed E-state index contributed by atoms with van der Waals surface area (Å²) in [6, 6.07) is 13.9. The molecule has 0 amide bonds. The van der Waals surface area contributed by atoms with E-state index in [1.165, 1.54) is 24.3 Å². The van der Waals surface area contributed by atoms with E-state index in [2.05, 4.69) is 4.74 Å². The van der Waals surface area contributed by atoms with Crippen molar-refractivity contribution in [2.45, 2.75) is 26.2 Å². The van der Waals surface area contributed by atoms with Crippen LogP contribution in [0.4, 0.5) is 0 Å². The summed E-state index contributed by atoms with van der Waals surface area (Å²) in [5.41, 5.74) is -1.95. The molecule has 2 atom stereocenters. The predicted molar refractivity (Wildman–Crippen MR) is 119 cm³/mol. The SMILES string of the molecule is CC(=O)OCOC(=O)C(COC(C)=O)(C(=O)O)C(CC(=O)c1ccc(Cl)cc1)c1ccccc1. The van der Waals surface area contributed by atoms with Gasteiger partial charge in [-0.3, -0.25) is 24.0 Å². The number of carboxylic acids is 1. The summed E-state index contributed by atoms with van der Waals surface area (Å²) in [6.07, 6.45) is -0.443. The summed E-state index contributed by atoms with van der Waals surface area (Å²) in [5, 5.41) is 10.6. The zero-order valence-electron chi connectivity index (χ0n) is 18.5. The third-order valence-electron chi connectivity index (χ3n) is 5.05. The molecule has 0 radical (unpaired) electrons. The van der Waals surface area contributed by atoms with E-state index in [-0.39, 0.29) is 5.56 Å². The second-order valence-electron chi connectivity index (χ2n) is 7.34. The highest BCUT2D eigenvalue weighted by molar-refractivity contribution is 6.30. The Morgan fingerprint density at radius 1 is 0.882 bits per heavy atom. The van der Waals surface area contributed by atoms with E-state index in [0.717, 1.165) is 13.8 Å². The minimum atomic E-state index is -2.52. The van der Waals surface area contributed by atoms with Crippen LogP contribution in [0.5, 0.6) is 0 Å². The summed E-state index contributed by atoms with van der Waals surface area (Å²) in [4.78, 5) is 61.5. The van der Waals surface area contributed by atoms with Crippen LogP contribution < -0.4 is 0 Å². The Bertz CT molecular complexity index is 1050. The van der Waals surface area contributed by atoms with Crippen molar-refractivity contribution in [3.63, 3.8) is 0 Å². The zero-order valence-corrected chi connectivity index (χ0v) is 19.2. The van der Waals surface area contributed by atoms with Gasteiger partial charge in [-0.1, -0.05) is 41.9 Å². The first-order valence-corrected chi connectivity index (χ1v) is 10.5. The largest absolute Gasteiger partial charge is 0.480 e. The van der Waals surface area contributed by atoms with Gasteiger partial charge in [0.25, 0.3) is 0 Å². The van der Waals surface area contributed by atoms with Crippen LogP contribution in [0.3, 0.4) is 0 Å². The summed E-state index contributed by atoms with van der Waals surface area (Å²) >= 11 is 5.88. The Labute approximate surface area is 200 Å². The first kappa shape index (κ1) is 26.5. The number of carbonyl (C=O) groups excluding carboxylic acids is 4. The molecule has 0 saturated heterocycles. The smallest absolute Gasteiger partial charge is 0.330 e. The van der Waals surface area contributed by atoms with Gasteiger partial charge in [-0.15, -0.1) is 0 Å². The van der Waals surface area contributed by atoms with Crippen molar-refractivity contribution in [3.05, 3.63) is 70.7 Å². The highest BCUT2D eigenvalue weighted by Crippen LogP contribution is 2.42. The molecule has 0 saturated carbocycles. The number of carboxylic acid groups (broad SMARTS) is 1. The molecule has 0 heterocycles. The van der Waals surface area contributed by atoms with Crippen molar-refractivity contribution in [2.75, 3.05) is 13.4 Å². The van der Waals surface area contributed by atoms with Gasteiger partial charge in [0.2, 0.25) is 12.2 Å². The van der Waals surface area contributed by atoms with Crippen LogP contribution in [0, 0.1) is 5.41 Å². The molecule has 10 heteroatoms. The quantitative estimate of drug-likeness (QED) is 0.217. The highest BCUT2D eigenvalue weighted by Gasteiger charge is 2.56. The number of aliphatic carboxylic acids is 1. The van der Waals surface area contributed by atoms with E-state index in [9.17, 15) is 29.1 Å². The van der Waals surface area contributed by atoms with Crippen LogP contribution in [-0.4, -0.2) is 48.2 Å². The van der Waals surface area contributed by atoms with Gasteiger partial charge in [0.1, 0.15) is 6.61 Å². The first-order valence-electron chi connectivity index (χ1n) is 10.1. The van der Waals surface area contributed by atoms with Crippen LogP contribution in [0.1, 0.15) is 42.1 Å². The van der Waals surface area contributed by atoms with Crippen molar-refractivity contribution >= 4 is 41.3 Å². The van der Waals surface area contributed by atoms with E-state index in [0.29, 0.717) is 10.6 Å². The fourth-order valence-corrected chi connectivity index (χ4v) is 3.44. The van der Waals surface area contributed by atoms with Crippen LogP contribution >= 0.6 is 11.6 Å². The number of halogens is 1. The van der Waals surface area contributed by atoms with Gasteiger partial charge in [-0.05, 0) is 29.8 Å². The minimum Gasteiger partial charge on any atom is -0.480 e. The summed E-state index contributed by atoms with van der Waals surface area (Å²) < 4.78 is 14.5. The van der Waals surface area contributed by atoms with Gasteiger partial charge in [0, 0.05) is 36.8 Å². The van der Waals surface area contributed by atoms with Gasteiger partial charge < -0.3 is 19.3 Å². The van der Waals surface area contributed by atoms with E-state index < -0.39 is 60.8 Å². The molecule has 0 fully saturated rings. The molecule has 180 valence electrons. The van der Waals surface area contributed by atoms with Gasteiger partial charge in [-0.25, -0.2) is 0 Å². The van der Waals surface area contributed by atoms with Crippen LogP contribution in [0.25, 0.3) is 0 Å². The van der Waals surface area contributed by atoms with Crippen LogP contribution in [-0.2, 0) is 33.4 Å². The maximum atomic E-state index is 13.2. The molecule has 0 bridgehead atoms. The van der Waals surface area contributed by atoms with Crippen molar-refractivity contribution in [2.24, 2.45) is 5.41 Å². The molecule has 2 rings (SSSR count). The summed E-state index contributed by atoms with van der Waals surface area (Å²) in [7, 11) is 0. The van der Waals surface area contributed by atoms with Gasteiger partial charge in [0.05, 0.1) is 0 Å². The lowest BCUT2D eigenvalue weighted by atomic mass is 9.69. The molecule has 34 heavy (non-hydrogen) atoms. The highest BCUT2D eigenvalue weighted by atomic mass is 35.5. The number of ketones is 1. The Morgan fingerprint density at radius 3 is 2.00 bits per heavy atom. The number of ether oxygens (including phenoxy) is 3. The molecule has 2 aromatic carbocycles. The lowest BCUT2D eigenvalue weighted by molar-refractivity contribution is -0.186. The molecule has 1 N–H and O–H groups in total. The molecule has 0 spiro atoms. The summed E-state index contributed by atoms with van der Waals surface area (Å²) in [5.74, 6) is -6.40. The molecule has 2 aromatic rings. The number of rotatable bonds is 11. The maximum Gasteiger partial charge on any atom is 0.330 e. The third-order valence-corrected chi connectivity index (χ3v) is 5.31. The Hall–Kier alpha value is -3.72. The second kappa shape index (κ2) is 11.9. The fourth-order valence-electron chi connectivity index (χ4n) is 3.31. The van der Waals surface area contributed by atoms with Gasteiger partial charge >= 0.3 is 23.9 Å². The van der Waals surface area contributed by atoms with Crippen LogP contribution in [0.2, 0.25) is 5.02 Å². The standard InChI is InChI=1S/C24H23ClO9/c1-15(26)32-13-24(22(29)30,23(31)34-14-33-16(2)27)20(17-6-4-3-5-7-17)12-21(28)18-8-10-19(25)11-9-18/h3-11,20H,12-14H2,1-2H3,(H,29,30). The number of hydrogen-bond donors (Lipinski definition) is 1. The van der Waals surface area contributed by atoms with E-state index in [1.54, 1.807) is 30.3 Å². The molecule has 0 aliphatic heterocycles. The normalized spacial score (nSPS) is 13.1. The average Bonchev–Trinajstić information content (AvgIpc) is 2.79. The Kier molecular flexibility index (Phi) is 9.32. The van der Waals surface area contributed by atoms with Crippen LogP contribution in [0.15, 0.2) is 54.6 Å². The van der Waals surface area contributed by atoms with Crippen molar-refractivity contribution in [1.29, 1.82) is 0 Å². The van der Waals surface area contributed by atoms with Gasteiger partial charge in [0.15, 0.2) is 5.78 Å². The monoisotopic (exact) mass is 490 g/mol. The van der Waals surface area contributed by atoms with E-state index in [1.807, 2.05) is 0 Å². The lowest BCUT2D eigenvalue weighted by Crippen LogP contribution is -2.50. The fraction of sp³-hybridized carbons (Fsp3) is 0.292.